The molecule has 0 amide bonds. The van der Waals surface area contributed by atoms with Crippen molar-refractivity contribution in [3.8, 4) is 0 Å². The lowest BCUT2D eigenvalue weighted by atomic mass is 9.77. The van der Waals surface area contributed by atoms with Crippen LogP contribution in [0, 0.1) is 17.3 Å². The molecule has 18 heavy (non-hydrogen) atoms. The first kappa shape index (κ1) is 15.5. The molecule has 1 saturated carbocycles. The van der Waals surface area contributed by atoms with Crippen molar-refractivity contribution in [1.82, 2.24) is 0 Å². The van der Waals surface area contributed by atoms with E-state index >= 15 is 0 Å². The van der Waals surface area contributed by atoms with Crippen molar-refractivity contribution < 1.29 is 14.6 Å². The summed E-state index contributed by atoms with van der Waals surface area (Å²) in [6, 6.07) is 0. The summed E-state index contributed by atoms with van der Waals surface area (Å²) in [7, 11) is 0. The Morgan fingerprint density at radius 1 is 1.39 bits per heavy atom. The third kappa shape index (κ3) is 3.05. The number of carbonyl (C=O) groups excluding carboxylic acids is 1. The topological polar surface area (TPSA) is 46.5 Å². The van der Waals surface area contributed by atoms with Crippen LogP contribution in [0.2, 0.25) is 0 Å². The van der Waals surface area contributed by atoms with Crippen molar-refractivity contribution in [2.75, 3.05) is 6.61 Å². The Labute approximate surface area is 111 Å². The highest BCUT2D eigenvalue weighted by atomic mass is 16.5. The SMILES string of the molecule is CCCC(O)(C(=O)OCC)C1CC(C)(C)CC1C. The van der Waals surface area contributed by atoms with Gasteiger partial charge in [-0.2, -0.15) is 0 Å². The van der Waals surface area contributed by atoms with E-state index in [-0.39, 0.29) is 11.3 Å². The van der Waals surface area contributed by atoms with E-state index < -0.39 is 11.6 Å². The van der Waals surface area contributed by atoms with Gasteiger partial charge in [0.25, 0.3) is 0 Å². The molecule has 3 atom stereocenters. The van der Waals surface area contributed by atoms with E-state index in [1.165, 1.54) is 0 Å². The monoisotopic (exact) mass is 256 g/mol. The van der Waals surface area contributed by atoms with Crippen LogP contribution < -0.4 is 0 Å². The van der Waals surface area contributed by atoms with Crippen LogP contribution in [0.15, 0.2) is 0 Å². The molecule has 3 unspecified atom stereocenters. The molecule has 0 heterocycles. The summed E-state index contributed by atoms with van der Waals surface area (Å²) in [5, 5.41) is 10.8. The van der Waals surface area contributed by atoms with Gasteiger partial charge in [0.05, 0.1) is 6.61 Å². The van der Waals surface area contributed by atoms with Crippen LogP contribution in [0.25, 0.3) is 0 Å². The van der Waals surface area contributed by atoms with Crippen molar-refractivity contribution in [2.45, 2.75) is 65.9 Å². The molecule has 1 aliphatic carbocycles. The Bertz CT molecular complexity index is 298. The maximum atomic E-state index is 12.1. The van der Waals surface area contributed by atoms with Crippen molar-refractivity contribution in [3.05, 3.63) is 0 Å². The summed E-state index contributed by atoms with van der Waals surface area (Å²) in [5.41, 5.74) is -1.09. The van der Waals surface area contributed by atoms with Crippen molar-refractivity contribution >= 4 is 5.97 Å². The Balaban J connectivity index is 2.94. The van der Waals surface area contributed by atoms with Crippen LogP contribution in [-0.4, -0.2) is 23.3 Å². The number of hydrogen-bond donors (Lipinski definition) is 1. The molecular formula is C15H28O3. The van der Waals surface area contributed by atoms with Gasteiger partial charge in [-0.05, 0) is 37.5 Å². The number of aliphatic hydroxyl groups is 1. The highest BCUT2D eigenvalue weighted by Gasteiger charge is 2.52. The highest BCUT2D eigenvalue weighted by Crippen LogP contribution is 2.50. The van der Waals surface area contributed by atoms with Gasteiger partial charge >= 0.3 is 5.97 Å². The largest absolute Gasteiger partial charge is 0.464 e. The number of hydrogen-bond acceptors (Lipinski definition) is 3. The maximum absolute atomic E-state index is 12.1. The van der Waals surface area contributed by atoms with E-state index in [2.05, 4.69) is 20.8 Å². The molecule has 1 aliphatic rings. The fourth-order valence-electron chi connectivity index (χ4n) is 3.61. The van der Waals surface area contributed by atoms with E-state index in [0.29, 0.717) is 18.9 Å². The maximum Gasteiger partial charge on any atom is 0.338 e. The fourth-order valence-corrected chi connectivity index (χ4v) is 3.61. The van der Waals surface area contributed by atoms with E-state index in [1.807, 2.05) is 6.92 Å². The Morgan fingerprint density at radius 2 is 2.00 bits per heavy atom. The molecule has 1 rings (SSSR count). The van der Waals surface area contributed by atoms with Crippen molar-refractivity contribution in [1.29, 1.82) is 0 Å². The molecule has 1 N–H and O–H groups in total. The van der Waals surface area contributed by atoms with Gasteiger partial charge in [-0.25, -0.2) is 4.79 Å². The molecule has 0 aromatic rings. The van der Waals surface area contributed by atoms with E-state index in [9.17, 15) is 9.90 Å². The predicted molar refractivity (Wildman–Crippen MR) is 72.2 cm³/mol. The summed E-state index contributed by atoms with van der Waals surface area (Å²) in [6.45, 7) is 10.7. The standard InChI is InChI=1S/C15H28O3/c1-6-8-15(17,13(16)18-7-2)12-10-14(4,5)9-11(12)3/h11-12,17H,6-10H2,1-5H3. The quantitative estimate of drug-likeness (QED) is 0.769. The molecule has 0 spiro atoms. The summed E-state index contributed by atoms with van der Waals surface area (Å²) < 4.78 is 5.10. The number of ether oxygens (including phenoxy) is 1. The minimum absolute atomic E-state index is 0.0199. The molecule has 0 aliphatic heterocycles. The Morgan fingerprint density at radius 3 is 2.39 bits per heavy atom. The first-order valence-corrected chi connectivity index (χ1v) is 7.16. The van der Waals surface area contributed by atoms with Gasteiger partial charge in [0.1, 0.15) is 0 Å². The molecule has 0 saturated heterocycles. The van der Waals surface area contributed by atoms with E-state index in [1.54, 1.807) is 6.92 Å². The average molecular weight is 256 g/mol. The zero-order valence-electron chi connectivity index (χ0n) is 12.5. The summed E-state index contributed by atoms with van der Waals surface area (Å²) in [4.78, 5) is 12.1. The van der Waals surface area contributed by atoms with Crippen LogP contribution in [0.5, 0.6) is 0 Å². The lowest BCUT2D eigenvalue weighted by Crippen LogP contribution is -2.48. The minimum atomic E-state index is -1.29. The molecule has 1 fully saturated rings. The number of esters is 1. The second kappa shape index (κ2) is 5.60. The first-order chi connectivity index (χ1) is 8.27. The van der Waals surface area contributed by atoms with E-state index in [0.717, 1.165) is 19.3 Å². The number of carbonyl (C=O) groups is 1. The number of rotatable bonds is 5. The Kier molecular flexibility index (Phi) is 4.82. The molecule has 0 bridgehead atoms. The molecule has 3 nitrogen and oxygen atoms in total. The lowest BCUT2D eigenvalue weighted by molar-refractivity contribution is -0.174. The van der Waals surface area contributed by atoms with Crippen molar-refractivity contribution in [3.63, 3.8) is 0 Å². The molecule has 0 radical (unpaired) electrons. The van der Waals surface area contributed by atoms with Gasteiger partial charge in [-0.3, -0.25) is 0 Å². The Hall–Kier alpha value is -0.570. The van der Waals surface area contributed by atoms with Crippen molar-refractivity contribution in [2.24, 2.45) is 17.3 Å². The molecule has 0 aromatic heterocycles. The van der Waals surface area contributed by atoms with Crippen LogP contribution in [0.1, 0.15) is 60.3 Å². The third-order valence-corrected chi connectivity index (χ3v) is 4.21. The summed E-state index contributed by atoms with van der Waals surface area (Å²) >= 11 is 0. The van der Waals surface area contributed by atoms with Crippen LogP contribution in [-0.2, 0) is 9.53 Å². The molecule has 3 heteroatoms. The highest BCUT2D eigenvalue weighted by molar-refractivity contribution is 5.79. The first-order valence-electron chi connectivity index (χ1n) is 7.16. The smallest absolute Gasteiger partial charge is 0.338 e. The summed E-state index contributed by atoms with van der Waals surface area (Å²) in [6.07, 6.45) is 3.24. The predicted octanol–water partition coefficient (Wildman–Crippen LogP) is 3.15. The van der Waals surface area contributed by atoms with Crippen LogP contribution in [0.4, 0.5) is 0 Å². The van der Waals surface area contributed by atoms with Gasteiger partial charge in [0, 0.05) is 5.92 Å². The van der Waals surface area contributed by atoms with Gasteiger partial charge < -0.3 is 9.84 Å². The lowest BCUT2D eigenvalue weighted by Gasteiger charge is -2.34. The van der Waals surface area contributed by atoms with Gasteiger partial charge in [-0.1, -0.05) is 34.1 Å². The minimum Gasteiger partial charge on any atom is -0.464 e. The molecule has 0 aromatic carbocycles. The average Bonchev–Trinajstić information content (AvgIpc) is 2.53. The molecular weight excluding hydrogens is 228 g/mol. The zero-order valence-corrected chi connectivity index (χ0v) is 12.5. The third-order valence-electron chi connectivity index (χ3n) is 4.21. The normalized spacial score (nSPS) is 29.9. The zero-order chi connectivity index (χ0) is 14.0. The fraction of sp³-hybridized carbons (Fsp3) is 0.933. The second-order valence-corrected chi connectivity index (χ2v) is 6.55. The van der Waals surface area contributed by atoms with Crippen LogP contribution in [0.3, 0.4) is 0 Å². The summed E-state index contributed by atoms with van der Waals surface area (Å²) in [5.74, 6) is -0.0474. The molecule has 106 valence electrons. The van der Waals surface area contributed by atoms with E-state index in [4.69, 9.17) is 4.74 Å². The van der Waals surface area contributed by atoms with Gasteiger partial charge in [-0.15, -0.1) is 0 Å². The van der Waals surface area contributed by atoms with Crippen LogP contribution >= 0.6 is 0 Å². The second-order valence-electron chi connectivity index (χ2n) is 6.55. The van der Waals surface area contributed by atoms with Gasteiger partial charge in [0.15, 0.2) is 5.60 Å². The van der Waals surface area contributed by atoms with Gasteiger partial charge in [0.2, 0.25) is 0 Å².